The summed E-state index contributed by atoms with van der Waals surface area (Å²) < 4.78 is 31.6. The summed E-state index contributed by atoms with van der Waals surface area (Å²) >= 11 is 8.89. The van der Waals surface area contributed by atoms with Crippen LogP contribution in [0.3, 0.4) is 0 Å². The molecule has 0 bridgehead atoms. The van der Waals surface area contributed by atoms with E-state index in [1.807, 2.05) is 0 Å². The van der Waals surface area contributed by atoms with E-state index in [9.17, 15) is 13.2 Å². The molecule has 0 unspecified atom stereocenters. The largest absolute Gasteiger partial charge is 0.466 e. The number of carbonyl (C=O) groups is 1. The molecule has 1 heterocycles. The minimum atomic E-state index is -3.75. The molecule has 1 aromatic heterocycles. The number of hydrogen-bond donors (Lipinski definition) is 1. The monoisotopic (exact) mass is 384 g/mol. The Hall–Kier alpha value is -0.700. The smallest absolute Gasteiger partial charge is 0.305 e. The van der Waals surface area contributed by atoms with Crippen molar-refractivity contribution in [2.75, 3.05) is 13.2 Å². The molecule has 6 nitrogen and oxygen atoms in total. The maximum atomic E-state index is 12.0. The molecule has 0 saturated carbocycles. The molecule has 1 N–H and O–H groups in total. The second kappa shape index (κ2) is 7.92. The van der Waals surface area contributed by atoms with Crippen LogP contribution in [0.4, 0.5) is 0 Å². The number of hydrogen-bond acceptors (Lipinski definition) is 5. The van der Waals surface area contributed by atoms with Crippen LogP contribution in [0.15, 0.2) is 21.6 Å². The number of esters is 1. The van der Waals surface area contributed by atoms with Gasteiger partial charge in [-0.1, -0.05) is 11.6 Å². The number of sulfonamides is 1. The molecule has 0 spiro atoms. The molecule has 112 valence electrons. The number of carbonyl (C=O) groups excluding carboxylic acids is 1. The first kappa shape index (κ1) is 17.4. The predicted molar refractivity (Wildman–Crippen MR) is 78.0 cm³/mol. The standard InChI is InChI=1S/C11H14BrClN2O4S/c1-2-19-10(16)4-3-5-15-20(17,18)9-6-8(12)7-14-11(9)13/h6-7,15H,2-5H2,1H3. The number of rotatable bonds is 7. The van der Waals surface area contributed by atoms with Crippen LogP contribution in [0.1, 0.15) is 19.8 Å². The van der Waals surface area contributed by atoms with E-state index in [-0.39, 0.29) is 29.0 Å². The molecule has 0 aromatic carbocycles. The summed E-state index contributed by atoms with van der Waals surface area (Å²) in [5.41, 5.74) is 0. The molecular weight excluding hydrogens is 372 g/mol. The quantitative estimate of drug-likeness (QED) is 0.441. The molecule has 0 radical (unpaired) electrons. The molecule has 0 aliphatic rings. The van der Waals surface area contributed by atoms with Gasteiger partial charge in [0.05, 0.1) is 6.61 Å². The maximum Gasteiger partial charge on any atom is 0.305 e. The van der Waals surface area contributed by atoms with Gasteiger partial charge < -0.3 is 4.74 Å². The lowest BCUT2D eigenvalue weighted by atomic mass is 10.3. The zero-order valence-corrected chi connectivity index (χ0v) is 13.9. The Morgan fingerprint density at radius 2 is 2.25 bits per heavy atom. The van der Waals surface area contributed by atoms with Gasteiger partial charge in [-0.2, -0.15) is 0 Å². The molecule has 0 atom stereocenters. The highest BCUT2D eigenvalue weighted by atomic mass is 79.9. The molecule has 1 rings (SSSR count). The number of aromatic nitrogens is 1. The zero-order valence-electron chi connectivity index (χ0n) is 10.7. The summed E-state index contributed by atoms with van der Waals surface area (Å²) in [6.07, 6.45) is 1.90. The number of pyridine rings is 1. The number of halogens is 2. The van der Waals surface area contributed by atoms with Gasteiger partial charge in [-0.15, -0.1) is 0 Å². The van der Waals surface area contributed by atoms with E-state index in [4.69, 9.17) is 16.3 Å². The Morgan fingerprint density at radius 1 is 1.55 bits per heavy atom. The van der Waals surface area contributed by atoms with Gasteiger partial charge in [0.15, 0.2) is 0 Å². The Labute approximate surface area is 131 Å². The lowest BCUT2D eigenvalue weighted by Crippen LogP contribution is -2.26. The molecule has 20 heavy (non-hydrogen) atoms. The maximum absolute atomic E-state index is 12.0. The SMILES string of the molecule is CCOC(=O)CCCNS(=O)(=O)c1cc(Br)cnc1Cl. The second-order valence-electron chi connectivity index (χ2n) is 3.75. The Balaban J connectivity index is 2.58. The zero-order chi connectivity index (χ0) is 15.2. The third-order valence-electron chi connectivity index (χ3n) is 2.22. The van der Waals surface area contributed by atoms with Crippen LogP contribution in [0.25, 0.3) is 0 Å². The Kier molecular flexibility index (Phi) is 6.87. The fraction of sp³-hybridized carbons (Fsp3) is 0.455. The van der Waals surface area contributed by atoms with Crippen molar-refractivity contribution >= 4 is 43.5 Å². The van der Waals surface area contributed by atoms with Crippen LogP contribution in [0, 0.1) is 0 Å². The van der Waals surface area contributed by atoms with Gasteiger partial charge in [-0.05, 0) is 35.3 Å². The fourth-order valence-corrected chi connectivity index (χ4v) is 3.36. The summed E-state index contributed by atoms with van der Waals surface area (Å²) in [5.74, 6) is -0.353. The molecule has 1 aromatic rings. The highest BCUT2D eigenvalue weighted by Crippen LogP contribution is 2.22. The van der Waals surface area contributed by atoms with E-state index in [1.165, 1.54) is 12.3 Å². The lowest BCUT2D eigenvalue weighted by Gasteiger charge is -2.08. The summed E-state index contributed by atoms with van der Waals surface area (Å²) in [6.45, 7) is 2.14. The van der Waals surface area contributed by atoms with Crippen LogP contribution >= 0.6 is 27.5 Å². The molecule has 0 saturated heterocycles. The summed E-state index contributed by atoms with van der Waals surface area (Å²) in [4.78, 5) is 14.7. The number of nitrogens with zero attached hydrogens (tertiary/aromatic N) is 1. The van der Waals surface area contributed by atoms with Crippen molar-refractivity contribution in [2.24, 2.45) is 0 Å². The van der Waals surface area contributed by atoms with Crippen LogP contribution in [-0.2, 0) is 19.6 Å². The van der Waals surface area contributed by atoms with Gasteiger partial charge in [0.2, 0.25) is 10.0 Å². The van der Waals surface area contributed by atoms with Crippen LogP contribution < -0.4 is 4.72 Å². The van der Waals surface area contributed by atoms with E-state index in [1.54, 1.807) is 6.92 Å². The first-order chi connectivity index (χ1) is 9.36. The molecule has 0 aliphatic heterocycles. The van der Waals surface area contributed by atoms with Crippen LogP contribution in [0.5, 0.6) is 0 Å². The van der Waals surface area contributed by atoms with Crippen molar-refractivity contribution in [3.63, 3.8) is 0 Å². The highest BCUT2D eigenvalue weighted by Gasteiger charge is 2.19. The molecule has 0 fully saturated rings. The topological polar surface area (TPSA) is 85.4 Å². The first-order valence-corrected chi connectivity index (χ1v) is 8.48. The normalized spacial score (nSPS) is 11.3. The van der Waals surface area contributed by atoms with E-state index in [0.717, 1.165) is 0 Å². The minimum Gasteiger partial charge on any atom is -0.466 e. The number of ether oxygens (including phenoxy) is 1. The van der Waals surface area contributed by atoms with Gasteiger partial charge in [0.1, 0.15) is 10.0 Å². The van der Waals surface area contributed by atoms with Crippen LogP contribution in [0.2, 0.25) is 5.15 Å². The lowest BCUT2D eigenvalue weighted by molar-refractivity contribution is -0.143. The van der Waals surface area contributed by atoms with E-state index < -0.39 is 10.0 Å². The number of nitrogens with one attached hydrogen (secondary N) is 1. The van der Waals surface area contributed by atoms with Crippen molar-refractivity contribution in [1.82, 2.24) is 9.71 Å². The average Bonchev–Trinajstić information content (AvgIpc) is 2.38. The molecule has 0 amide bonds. The Morgan fingerprint density at radius 3 is 2.90 bits per heavy atom. The van der Waals surface area contributed by atoms with Crippen molar-refractivity contribution in [3.05, 3.63) is 21.9 Å². The summed E-state index contributed by atoms with van der Waals surface area (Å²) in [5, 5.41) is -0.105. The van der Waals surface area contributed by atoms with E-state index in [2.05, 4.69) is 25.6 Å². The van der Waals surface area contributed by atoms with Gasteiger partial charge in [-0.25, -0.2) is 18.1 Å². The van der Waals surface area contributed by atoms with Gasteiger partial charge in [-0.3, -0.25) is 4.79 Å². The summed E-state index contributed by atoms with van der Waals surface area (Å²) in [6, 6.07) is 1.36. The van der Waals surface area contributed by atoms with Crippen molar-refractivity contribution in [3.8, 4) is 0 Å². The third-order valence-corrected chi connectivity index (χ3v) is 4.54. The van der Waals surface area contributed by atoms with Crippen molar-refractivity contribution < 1.29 is 17.9 Å². The van der Waals surface area contributed by atoms with E-state index >= 15 is 0 Å². The van der Waals surface area contributed by atoms with Crippen LogP contribution in [-0.4, -0.2) is 32.5 Å². The van der Waals surface area contributed by atoms with Gasteiger partial charge in [0.25, 0.3) is 0 Å². The van der Waals surface area contributed by atoms with Crippen molar-refractivity contribution in [2.45, 2.75) is 24.7 Å². The minimum absolute atomic E-state index is 0.105. The molecular formula is C11H14BrClN2O4S. The van der Waals surface area contributed by atoms with Crippen molar-refractivity contribution in [1.29, 1.82) is 0 Å². The Bertz CT molecular complexity index is 580. The van der Waals surface area contributed by atoms with Gasteiger partial charge >= 0.3 is 5.97 Å². The first-order valence-electron chi connectivity index (χ1n) is 5.83. The fourth-order valence-electron chi connectivity index (χ4n) is 1.34. The summed E-state index contributed by atoms with van der Waals surface area (Å²) in [7, 11) is -3.75. The highest BCUT2D eigenvalue weighted by molar-refractivity contribution is 9.10. The molecule has 0 aliphatic carbocycles. The third kappa shape index (κ3) is 5.35. The predicted octanol–water partition coefficient (Wildman–Crippen LogP) is 2.12. The average molecular weight is 386 g/mol. The second-order valence-corrected chi connectivity index (χ2v) is 6.76. The van der Waals surface area contributed by atoms with Gasteiger partial charge in [0, 0.05) is 23.6 Å². The molecule has 9 heteroatoms. The van der Waals surface area contributed by atoms with E-state index in [0.29, 0.717) is 17.5 Å².